The molecule has 0 radical (unpaired) electrons. The van der Waals surface area contributed by atoms with Crippen molar-refractivity contribution < 1.29 is 0 Å². The highest BCUT2D eigenvalue weighted by Gasteiger charge is 2.23. The van der Waals surface area contributed by atoms with Crippen LogP contribution in [-0.2, 0) is 6.42 Å². The predicted octanol–water partition coefficient (Wildman–Crippen LogP) is 15.5. The Hall–Kier alpha value is -9.11. The van der Waals surface area contributed by atoms with E-state index in [0.29, 0.717) is 17.5 Å². The van der Waals surface area contributed by atoms with Gasteiger partial charge in [0.15, 0.2) is 17.5 Å². The highest BCUT2D eigenvalue weighted by molar-refractivity contribution is 6.09. The summed E-state index contributed by atoms with van der Waals surface area (Å²) in [5.74, 6) is 1.78. The van der Waals surface area contributed by atoms with Gasteiger partial charge in [-0.15, -0.1) is 0 Å². The molecule has 0 spiro atoms. The van der Waals surface area contributed by atoms with E-state index in [0.717, 1.165) is 90.8 Å². The van der Waals surface area contributed by atoms with E-state index in [4.69, 9.17) is 15.0 Å². The SMILES string of the molecule is c1cc(-c2ccccc2)cc(-c2ccc(-c3nc(-c4cccc(-c5ccccc5)c4)nc(-c4cccc(-n5c6ccccc6c6ccccc65)c4)n3)cc2-n2c3c(c4ccccc42)C=CCC3)c#1. The van der Waals surface area contributed by atoms with Gasteiger partial charge in [-0.2, -0.15) is 0 Å². The number of para-hydroxylation sites is 3. The van der Waals surface area contributed by atoms with Gasteiger partial charge >= 0.3 is 0 Å². The maximum Gasteiger partial charge on any atom is 0.164 e. The minimum absolute atomic E-state index is 0.587. The zero-order chi connectivity index (χ0) is 45.0. The molecular formula is C63H41N5. The monoisotopic (exact) mass is 867 g/mol. The smallest absolute Gasteiger partial charge is 0.164 e. The van der Waals surface area contributed by atoms with Crippen molar-refractivity contribution in [2.75, 3.05) is 0 Å². The minimum Gasteiger partial charge on any atom is -0.312 e. The molecule has 13 rings (SSSR count). The zero-order valence-corrected chi connectivity index (χ0v) is 37.0. The van der Waals surface area contributed by atoms with Gasteiger partial charge in [-0.1, -0.05) is 182 Å². The molecule has 1 aliphatic rings. The van der Waals surface area contributed by atoms with Gasteiger partial charge in [0.25, 0.3) is 0 Å². The van der Waals surface area contributed by atoms with Crippen LogP contribution in [0.1, 0.15) is 17.7 Å². The van der Waals surface area contributed by atoms with Gasteiger partial charge in [0.2, 0.25) is 0 Å². The predicted molar refractivity (Wildman–Crippen MR) is 279 cm³/mol. The van der Waals surface area contributed by atoms with Crippen LogP contribution in [0.25, 0.3) is 118 Å². The highest BCUT2D eigenvalue weighted by atomic mass is 15.0. The molecule has 3 aromatic heterocycles. The molecule has 1 aliphatic carbocycles. The third-order valence-electron chi connectivity index (χ3n) is 13.3. The van der Waals surface area contributed by atoms with Gasteiger partial charge in [-0.05, 0) is 89.7 Å². The van der Waals surface area contributed by atoms with E-state index in [1.807, 2.05) is 12.1 Å². The first kappa shape index (κ1) is 39.3. The molecule has 318 valence electrons. The normalized spacial score (nSPS) is 12.1. The Labute approximate surface area is 394 Å². The first-order valence-electron chi connectivity index (χ1n) is 23.2. The molecule has 9 aromatic carbocycles. The van der Waals surface area contributed by atoms with Crippen molar-refractivity contribution in [2.24, 2.45) is 0 Å². The third-order valence-corrected chi connectivity index (χ3v) is 13.3. The lowest BCUT2D eigenvalue weighted by atomic mass is 9.97. The quantitative estimate of drug-likeness (QED) is 0.153. The van der Waals surface area contributed by atoms with E-state index in [-0.39, 0.29) is 0 Å². The molecule has 0 saturated heterocycles. The van der Waals surface area contributed by atoms with Gasteiger partial charge in [0.05, 0.1) is 22.2 Å². The molecule has 0 aliphatic heterocycles. The second-order valence-corrected chi connectivity index (χ2v) is 17.4. The first-order chi connectivity index (χ1) is 33.7. The number of benzene rings is 8. The Bertz CT molecular complexity index is 3860. The minimum atomic E-state index is 0.587. The van der Waals surface area contributed by atoms with Crippen molar-refractivity contribution in [1.29, 1.82) is 0 Å². The fourth-order valence-electron chi connectivity index (χ4n) is 10.1. The number of fused-ring (bicyclic) bond motifs is 6. The van der Waals surface area contributed by atoms with Gasteiger partial charge < -0.3 is 9.13 Å². The van der Waals surface area contributed by atoms with Crippen LogP contribution in [0.5, 0.6) is 0 Å². The lowest BCUT2D eigenvalue weighted by molar-refractivity contribution is 0.889. The standard InChI is InChI=1S/C63H41N5/c1-3-18-42(19-4-1)44-22-15-24-46(38-44)51-37-36-49(41-60(51)68-58-34-13-9-30-54(58)55-31-10-14-35-59(55)68)63-65-61(47-25-16-23-45(39-47)43-20-5-2-6-21-43)64-62(66-63)48-26-17-27-50(40-48)67-56-32-11-7-28-52(56)53-29-8-12-33-57(53)67/h1-13,16-23,25-34,36-41H,14,35H2. The summed E-state index contributed by atoms with van der Waals surface area (Å²) in [7, 11) is 0. The molecular weight excluding hydrogens is 827 g/mol. The lowest BCUT2D eigenvalue weighted by Crippen LogP contribution is -2.06. The van der Waals surface area contributed by atoms with E-state index in [9.17, 15) is 0 Å². The Morgan fingerprint density at radius 3 is 1.65 bits per heavy atom. The van der Waals surface area contributed by atoms with Crippen LogP contribution in [0, 0.1) is 12.1 Å². The van der Waals surface area contributed by atoms with Gasteiger partial charge in [0, 0.05) is 60.9 Å². The van der Waals surface area contributed by atoms with Crippen LogP contribution >= 0.6 is 0 Å². The number of nitrogens with zero attached hydrogens (tertiary/aromatic N) is 5. The summed E-state index contributed by atoms with van der Waals surface area (Å²) in [4.78, 5) is 16.0. The molecule has 0 atom stereocenters. The van der Waals surface area contributed by atoms with Crippen molar-refractivity contribution in [3.8, 4) is 78.9 Å². The summed E-state index contributed by atoms with van der Waals surface area (Å²) < 4.78 is 4.79. The Morgan fingerprint density at radius 2 is 0.956 bits per heavy atom. The molecule has 5 nitrogen and oxygen atoms in total. The molecule has 0 unspecified atom stereocenters. The average Bonchev–Trinajstić information content (AvgIpc) is 3.94. The Kier molecular flexibility index (Phi) is 9.47. The van der Waals surface area contributed by atoms with Crippen molar-refractivity contribution in [3.63, 3.8) is 0 Å². The van der Waals surface area contributed by atoms with Crippen LogP contribution in [-0.4, -0.2) is 24.1 Å². The van der Waals surface area contributed by atoms with E-state index in [2.05, 4.69) is 234 Å². The molecule has 68 heavy (non-hydrogen) atoms. The van der Waals surface area contributed by atoms with Crippen LogP contribution < -0.4 is 0 Å². The molecule has 12 aromatic rings. The number of rotatable bonds is 8. The maximum atomic E-state index is 5.39. The maximum absolute atomic E-state index is 5.39. The number of allylic oxidation sites excluding steroid dienone is 1. The molecule has 0 N–H and O–H groups in total. The van der Waals surface area contributed by atoms with E-state index in [1.54, 1.807) is 0 Å². The second kappa shape index (κ2) is 16.4. The van der Waals surface area contributed by atoms with E-state index >= 15 is 0 Å². The lowest BCUT2D eigenvalue weighted by Gasteiger charge is -2.18. The zero-order valence-electron chi connectivity index (χ0n) is 37.0. The average molecular weight is 868 g/mol. The topological polar surface area (TPSA) is 48.5 Å². The van der Waals surface area contributed by atoms with Gasteiger partial charge in [-0.3, -0.25) is 0 Å². The van der Waals surface area contributed by atoms with Gasteiger partial charge in [0.1, 0.15) is 0 Å². The molecule has 0 amide bonds. The molecule has 5 heteroatoms. The number of hydrogen-bond acceptors (Lipinski definition) is 3. The van der Waals surface area contributed by atoms with Crippen LogP contribution in [0.15, 0.2) is 218 Å². The largest absolute Gasteiger partial charge is 0.312 e. The molecule has 0 bridgehead atoms. The van der Waals surface area contributed by atoms with Crippen molar-refractivity contribution in [1.82, 2.24) is 24.1 Å². The summed E-state index contributed by atoms with van der Waals surface area (Å²) in [6, 6.07) is 81.7. The number of hydrogen-bond donors (Lipinski definition) is 0. The Morgan fingerprint density at radius 1 is 0.412 bits per heavy atom. The second-order valence-electron chi connectivity index (χ2n) is 17.4. The van der Waals surface area contributed by atoms with Crippen LogP contribution in [0.2, 0.25) is 0 Å². The summed E-state index contributed by atoms with van der Waals surface area (Å²) >= 11 is 0. The van der Waals surface area contributed by atoms with Gasteiger partial charge in [-0.25, -0.2) is 15.0 Å². The summed E-state index contributed by atoms with van der Waals surface area (Å²) in [5.41, 5.74) is 17.2. The fraction of sp³-hybridized carbons (Fsp3) is 0.0317. The van der Waals surface area contributed by atoms with Crippen molar-refractivity contribution >= 4 is 38.8 Å². The summed E-state index contributed by atoms with van der Waals surface area (Å²) in [6.07, 6.45) is 6.47. The summed E-state index contributed by atoms with van der Waals surface area (Å²) in [5, 5.41) is 3.66. The van der Waals surface area contributed by atoms with Crippen LogP contribution in [0.4, 0.5) is 0 Å². The molecule has 0 fully saturated rings. The Balaban J connectivity index is 1.03. The van der Waals surface area contributed by atoms with Crippen LogP contribution in [0.3, 0.4) is 0 Å². The summed E-state index contributed by atoms with van der Waals surface area (Å²) in [6.45, 7) is 0. The molecule has 3 heterocycles. The van der Waals surface area contributed by atoms with Crippen molar-refractivity contribution in [3.05, 3.63) is 242 Å². The fourth-order valence-corrected chi connectivity index (χ4v) is 10.1. The molecule has 0 saturated carbocycles. The number of aromatic nitrogens is 5. The van der Waals surface area contributed by atoms with Crippen molar-refractivity contribution in [2.45, 2.75) is 12.8 Å². The highest BCUT2D eigenvalue weighted by Crippen LogP contribution is 2.40. The van der Waals surface area contributed by atoms with E-state index < -0.39 is 0 Å². The first-order valence-corrected chi connectivity index (χ1v) is 23.2. The third kappa shape index (κ3) is 6.78. The van der Waals surface area contributed by atoms with E-state index in [1.165, 1.54) is 27.4 Å².